The summed E-state index contributed by atoms with van der Waals surface area (Å²) in [4.78, 5) is 31.3. The minimum Gasteiger partial charge on any atom is -0.392 e. The standard InChI is InChI=1S/C17H24N4O3/c1-2-13(22)11-19-7-9-20(10-8-19)16(23)12-21-15-6-4-3-5-14(15)18-17(21)24/h3-6,13,22H,2,7-12H2,1H3,(H,18,24). The first-order chi connectivity index (χ1) is 11.6. The van der Waals surface area contributed by atoms with Crippen LogP contribution in [0.4, 0.5) is 0 Å². The van der Waals surface area contributed by atoms with Crippen LogP contribution in [0.1, 0.15) is 13.3 Å². The van der Waals surface area contributed by atoms with Crippen molar-refractivity contribution in [1.82, 2.24) is 19.4 Å². The van der Waals surface area contributed by atoms with Crippen molar-refractivity contribution < 1.29 is 9.90 Å². The van der Waals surface area contributed by atoms with Gasteiger partial charge in [-0.15, -0.1) is 0 Å². The number of aromatic amines is 1. The molecule has 0 saturated carbocycles. The Balaban J connectivity index is 1.62. The number of piperazine rings is 1. The van der Waals surface area contributed by atoms with Gasteiger partial charge in [-0.05, 0) is 18.6 Å². The molecule has 24 heavy (non-hydrogen) atoms. The molecule has 130 valence electrons. The van der Waals surface area contributed by atoms with Crippen LogP contribution in [0.5, 0.6) is 0 Å². The highest BCUT2D eigenvalue weighted by Gasteiger charge is 2.23. The first-order valence-corrected chi connectivity index (χ1v) is 8.44. The van der Waals surface area contributed by atoms with Gasteiger partial charge in [0.1, 0.15) is 6.54 Å². The van der Waals surface area contributed by atoms with Gasteiger partial charge >= 0.3 is 5.69 Å². The predicted molar refractivity (Wildman–Crippen MR) is 91.9 cm³/mol. The molecule has 7 heteroatoms. The number of hydrogen-bond donors (Lipinski definition) is 2. The van der Waals surface area contributed by atoms with Crippen molar-refractivity contribution in [2.45, 2.75) is 26.0 Å². The van der Waals surface area contributed by atoms with Crippen LogP contribution < -0.4 is 5.69 Å². The zero-order valence-electron chi connectivity index (χ0n) is 13.9. The minimum absolute atomic E-state index is 0.0439. The number of rotatable bonds is 5. The van der Waals surface area contributed by atoms with Crippen LogP contribution in [0, 0.1) is 0 Å². The van der Waals surface area contributed by atoms with Gasteiger partial charge in [-0.3, -0.25) is 14.3 Å². The van der Waals surface area contributed by atoms with E-state index in [0.717, 1.165) is 30.5 Å². The SMILES string of the molecule is CCC(O)CN1CCN(C(=O)Cn2c(=O)[nH]c3ccccc32)CC1. The number of imidazole rings is 1. The Labute approximate surface area is 140 Å². The Morgan fingerprint density at radius 3 is 2.67 bits per heavy atom. The molecule has 1 fully saturated rings. The van der Waals surface area contributed by atoms with Crippen molar-refractivity contribution in [3.05, 3.63) is 34.7 Å². The van der Waals surface area contributed by atoms with Gasteiger partial charge in [-0.25, -0.2) is 4.79 Å². The summed E-state index contributed by atoms with van der Waals surface area (Å²) >= 11 is 0. The summed E-state index contributed by atoms with van der Waals surface area (Å²) in [6.07, 6.45) is 0.430. The van der Waals surface area contributed by atoms with Gasteiger partial charge in [-0.1, -0.05) is 19.1 Å². The quantitative estimate of drug-likeness (QED) is 0.822. The van der Waals surface area contributed by atoms with E-state index in [0.29, 0.717) is 19.6 Å². The van der Waals surface area contributed by atoms with Crippen molar-refractivity contribution in [1.29, 1.82) is 0 Å². The molecular weight excluding hydrogens is 308 g/mol. The number of nitrogens with zero attached hydrogens (tertiary/aromatic N) is 3. The van der Waals surface area contributed by atoms with Crippen LogP contribution >= 0.6 is 0 Å². The highest BCUT2D eigenvalue weighted by Crippen LogP contribution is 2.10. The molecular formula is C17H24N4O3. The minimum atomic E-state index is -0.308. The van der Waals surface area contributed by atoms with E-state index >= 15 is 0 Å². The molecule has 1 aromatic heterocycles. The number of amides is 1. The fraction of sp³-hybridized carbons (Fsp3) is 0.529. The Hall–Kier alpha value is -2.12. The highest BCUT2D eigenvalue weighted by molar-refractivity contribution is 5.80. The third-order valence-electron chi connectivity index (χ3n) is 4.64. The number of H-pyrrole nitrogens is 1. The average Bonchev–Trinajstić information content (AvgIpc) is 2.91. The smallest absolute Gasteiger partial charge is 0.326 e. The Kier molecular flexibility index (Phi) is 5.01. The Bertz CT molecular complexity index is 759. The van der Waals surface area contributed by atoms with E-state index in [4.69, 9.17) is 0 Å². The molecule has 1 unspecified atom stereocenters. The molecule has 1 amide bonds. The lowest BCUT2D eigenvalue weighted by molar-refractivity contribution is -0.133. The van der Waals surface area contributed by atoms with Gasteiger partial charge < -0.3 is 15.0 Å². The predicted octanol–water partition coefficient (Wildman–Crippen LogP) is 0.245. The number of carbonyl (C=O) groups is 1. The van der Waals surface area contributed by atoms with E-state index in [-0.39, 0.29) is 24.2 Å². The molecule has 1 aromatic carbocycles. The van der Waals surface area contributed by atoms with E-state index in [2.05, 4.69) is 9.88 Å². The zero-order chi connectivity index (χ0) is 17.1. The molecule has 0 radical (unpaired) electrons. The largest absolute Gasteiger partial charge is 0.392 e. The third kappa shape index (κ3) is 3.52. The molecule has 3 rings (SSSR count). The number of aliphatic hydroxyl groups is 1. The van der Waals surface area contributed by atoms with Gasteiger partial charge in [0.2, 0.25) is 5.91 Å². The van der Waals surface area contributed by atoms with E-state index < -0.39 is 0 Å². The number of aromatic nitrogens is 2. The summed E-state index contributed by atoms with van der Waals surface area (Å²) in [6.45, 7) is 5.44. The summed E-state index contributed by atoms with van der Waals surface area (Å²) in [7, 11) is 0. The second-order valence-electron chi connectivity index (χ2n) is 6.28. The number of aliphatic hydroxyl groups excluding tert-OH is 1. The normalized spacial score (nSPS) is 17.3. The first-order valence-electron chi connectivity index (χ1n) is 8.44. The fourth-order valence-electron chi connectivity index (χ4n) is 3.11. The maximum absolute atomic E-state index is 12.5. The van der Waals surface area contributed by atoms with E-state index in [1.165, 1.54) is 4.57 Å². The number of β-amino-alcohol motifs (C(OH)–C–C–N with tert-alkyl or cyclic N) is 1. The number of fused-ring (bicyclic) bond motifs is 1. The van der Waals surface area contributed by atoms with E-state index in [9.17, 15) is 14.7 Å². The van der Waals surface area contributed by atoms with Crippen LogP contribution in [0.2, 0.25) is 0 Å². The molecule has 1 saturated heterocycles. The monoisotopic (exact) mass is 332 g/mol. The molecule has 7 nitrogen and oxygen atoms in total. The van der Waals surface area contributed by atoms with Gasteiger partial charge in [-0.2, -0.15) is 0 Å². The number of carbonyl (C=O) groups excluding carboxylic acids is 1. The third-order valence-corrected chi connectivity index (χ3v) is 4.64. The second kappa shape index (κ2) is 7.19. The molecule has 2 N–H and O–H groups in total. The Morgan fingerprint density at radius 1 is 1.25 bits per heavy atom. The topological polar surface area (TPSA) is 81.6 Å². The van der Waals surface area contributed by atoms with Gasteiger partial charge in [0, 0.05) is 32.7 Å². The van der Waals surface area contributed by atoms with Crippen LogP contribution in [-0.2, 0) is 11.3 Å². The van der Waals surface area contributed by atoms with Gasteiger partial charge in [0.25, 0.3) is 0 Å². The number of hydrogen-bond acceptors (Lipinski definition) is 4. The number of nitrogens with one attached hydrogen (secondary N) is 1. The second-order valence-corrected chi connectivity index (χ2v) is 6.28. The van der Waals surface area contributed by atoms with Crippen LogP contribution in [0.25, 0.3) is 11.0 Å². The maximum atomic E-state index is 12.5. The molecule has 1 aliphatic heterocycles. The lowest BCUT2D eigenvalue weighted by atomic mass is 10.2. The molecule has 0 bridgehead atoms. The first kappa shape index (κ1) is 16.7. The molecule has 0 spiro atoms. The highest BCUT2D eigenvalue weighted by atomic mass is 16.3. The van der Waals surface area contributed by atoms with Crippen LogP contribution in [0.3, 0.4) is 0 Å². The number of benzene rings is 1. The summed E-state index contributed by atoms with van der Waals surface area (Å²) in [5.41, 5.74) is 1.24. The fourth-order valence-corrected chi connectivity index (χ4v) is 3.11. The summed E-state index contributed by atoms with van der Waals surface area (Å²) in [5, 5.41) is 9.72. The van der Waals surface area contributed by atoms with Crippen molar-refractivity contribution in [3.63, 3.8) is 0 Å². The van der Waals surface area contributed by atoms with E-state index in [1.807, 2.05) is 31.2 Å². The molecule has 2 heterocycles. The molecule has 1 atom stereocenters. The van der Waals surface area contributed by atoms with Gasteiger partial charge in [0.15, 0.2) is 0 Å². The van der Waals surface area contributed by atoms with Gasteiger partial charge in [0.05, 0.1) is 17.1 Å². The van der Waals surface area contributed by atoms with Crippen LogP contribution in [0.15, 0.2) is 29.1 Å². The molecule has 1 aliphatic rings. The molecule has 0 aliphatic carbocycles. The summed E-state index contributed by atoms with van der Waals surface area (Å²) < 4.78 is 1.49. The lowest BCUT2D eigenvalue weighted by Gasteiger charge is -2.35. The van der Waals surface area contributed by atoms with Crippen LogP contribution in [-0.4, -0.2) is 69.2 Å². The van der Waals surface area contributed by atoms with E-state index in [1.54, 1.807) is 4.90 Å². The van der Waals surface area contributed by atoms with Crippen molar-refractivity contribution in [2.24, 2.45) is 0 Å². The van der Waals surface area contributed by atoms with Crippen molar-refractivity contribution >= 4 is 16.9 Å². The summed E-state index contributed by atoms with van der Waals surface area (Å²) in [6, 6.07) is 7.38. The maximum Gasteiger partial charge on any atom is 0.326 e. The van der Waals surface area contributed by atoms with Crippen molar-refractivity contribution in [3.8, 4) is 0 Å². The lowest BCUT2D eigenvalue weighted by Crippen LogP contribution is -2.51. The summed E-state index contributed by atoms with van der Waals surface area (Å²) in [5.74, 6) is -0.0439. The molecule has 2 aromatic rings. The zero-order valence-corrected chi connectivity index (χ0v) is 13.9. The average molecular weight is 332 g/mol. The Morgan fingerprint density at radius 2 is 1.96 bits per heavy atom. The van der Waals surface area contributed by atoms with Crippen molar-refractivity contribution in [2.75, 3.05) is 32.7 Å². The number of para-hydroxylation sites is 2.